The quantitative estimate of drug-likeness (QED) is 0.111. The SMILES string of the molecule is CCCCCCCCCCOC(=O)c1ccccc1C(=O)N(CCCCCCC)CCCCCCC. The highest BCUT2D eigenvalue weighted by Gasteiger charge is 2.22. The molecule has 0 aromatic heterocycles. The fraction of sp³-hybridized carbons (Fsp3) is 0.750. The monoisotopic (exact) mass is 501 g/mol. The molecule has 206 valence electrons. The van der Waals surface area contributed by atoms with E-state index in [-0.39, 0.29) is 11.9 Å². The van der Waals surface area contributed by atoms with E-state index in [1.165, 1.54) is 77.0 Å². The van der Waals surface area contributed by atoms with Crippen LogP contribution in [0.3, 0.4) is 0 Å². The summed E-state index contributed by atoms with van der Waals surface area (Å²) in [6, 6.07) is 7.20. The van der Waals surface area contributed by atoms with Gasteiger partial charge in [0.2, 0.25) is 0 Å². The van der Waals surface area contributed by atoms with E-state index in [0.29, 0.717) is 17.7 Å². The molecule has 0 atom stereocenters. The molecule has 1 aromatic carbocycles. The zero-order valence-electron chi connectivity index (χ0n) is 23.8. The summed E-state index contributed by atoms with van der Waals surface area (Å²) in [5.41, 5.74) is 0.893. The van der Waals surface area contributed by atoms with Crippen LogP contribution in [0, 0.1) is 0 Å². The van der Waals surface area contributed by atoms with Crippen molar-refractivity contribution in [2.45, 2.75) is 136 Å². The van der Waals surface area contributed by atoms with Crippen molar-refractivity contribution >= 4 is 11.9 Å². The van der Waals surface area contributed by atoms with Gasteiger partial charge < -0.3 is 9.64 Å². The normalized spacial score (nSPS) is 11.0. The Kier molecular flexibility index (Phi) is 20.0. The maximum absolute atomic E-state index is 13.6. The second-order valence-electron chi connectivity index (χ2n) is 10.3. The van der Waals surface area contributed by atoms with Crippen LogP contribution in [0.2, 0.25) is 0 Å². The number of ether oxygens (including phenoxy) is 1. The molecule has 0 bridgehead atoms. The van der Waals surface area contributed by atoms with Crippen molar-refractivity contribution < 1.29 is 14.3 Å². The molecule has 0 radical (unpaired) electrons. The van der Waals surface area contributed by atoms with Crippen LogP contribution >= 0.6 is 0 Å². The zero-order valence-corrected chi connectivity index (χ0v) is 23.8. The van der Waals surface area contributed by atoms with Crippen LogP contribution in [0.1, 0.15) is 157 Å². The lowest BCUT2D eigenvalue weighted by Gasteiger charge is -2.24. The summed E-state index contributed by atoms with van der Waals surface area (Å²) < 4.78 is 5.58. The first-order valence-electron chi connectivity index (χ1n) is 15.2. The second kappa shape index (κ2) is 22.4. The predicted octanol–water partition coefficient (Wildman–Crippen LogP) is 9.37. The standard InChI is InChI=1S/C32H55NO3/c1-4-7-10-13-14-15-18-23-28-36-32(35)30-25-20-19-24-29(30)31(34)33(26-21-16-11-8-5-2)27-22-17-12-9-6-3/h19-20,24-25H,4-18,21-23,26-28H2,1-3H3. The number of carbonyl (C=O) groups excluding carboxylic acids is 2. The lowest BCUT2D eigenvalue weighted by atomic mass is 10.0. The van der Waals surface area contributed by atoms with Gasteiger partial charge in [-0.25, -0.2) is 4.79 Å². The number of esters is 1. The van der Waals surface area contributed by atoms with Gasteiger partial charge in [-0.1, -0.05) is 129 Å². The van der Waals surface area contributed by atoms with Crippen LogP contribution in [0.15, 0.2) is 24.3 Å². The molecule has 0 aliphatic carbocycles. The minimum absolute atomic E-state index is 0.0272. The number of unbranched alkanes of at least 4 members (excludes halogenated alkanes) is 15. The highest BCUT2D eigenvalue weighted by molar-refractivity contribution is 6.05. The number of rotatable bonds is 23. The molecule has 0 fully saturated rings. The number of hydrogen-bond acceptors (Lipinski definition) is 3. The summed E-state index contributed by atoms with van der Waals surface area (Å²) in [4.78, 5) is 28.4. The van der Waals surface area contributed by atoms with Crippen molar-refractivity contribution in [2.75, 3.05) is 19.7 Å². The van der Waals surface area contributed by atoms with E-state index in [4.69, 9.17) is 4.74 Å². The highest BCUT2D eigenvalue weighted by atomic mass is 16.5. The van der Waals surface area contributed by atoms with Gasteiger partial charge in [0, 0.05) is 13.1 Å². The zero-order chi connectivity index (χ0) is 26.3. The summed E-state index contributed by atoms with van der Waals surface area (Å²) in [6.07, 6.45) is 21.4. The third-order valence-electron chi connectivity index (χ3n) is 6.96. The maximum atomic E-state index is 13.6. The molecule has 0 spiro atoms. The second-order valence-corrected chi connectivity index (χ2v) is 10.3. The van der Waals surface area contributed by atoms with Gasteiger partial charge >= 0.3 is 5.97 Å². The van der Waals surface area contributed by atoms with E-state index < -0.39 is 0 Å². The summed E-state index contributed by atoms with van der Waals surface area (Å²) in [6.45, 7) is 8.62. The minimum Gasteiger partial charge on any atom is -0.462 e. The van der Waals surface area contributed by atoms with Gasteiger partial charge in [-0.15, -0.1) is 0 Å². The third kappa shape index (κ3) is 14.7. The first-order chi connectivity index (χ1) is 17.7. The van der Waals surface area contributed by atoms with Gasteiger partial charge in [0.25, 0.3) is 5.91 Å². The Morgan fingerprint density at radius 1 is 0.583 bits per heavy atom. The Morgan fingerprint density at radius 2 is 1.00 bits per heavy atom. The molecule has 0 N–H and O–H groups in total. The molecule has 4 heteroatoms. The van der Waals surface area contributed by atoms with Crippen LogP contribution in [0.25, 0.3) is 0 Å². The van der Waals surface area contributed by atoms with Gasteiger partial charge in [0.05, 0.1) is 17.7 Å². The third-order valence-corrected chi connectivity index (χ3v) is 6.96. The molecular formula is C32H55NO3. The van der Waals surface area contributed by atoms with E-state index in [1.807, 2.05) is 17.0 Å². The number of carbonyl (C=O) groups is 2. The van der Waals surface area contributed by atoms with Crippen molar-refractivity contribution in [2.24, 2.45) is 0 Å². The minimum atomic E-state index is -0.368. The Hall–Kier alpha value is -1.84. The van der Waals surface area contributed by atoms with Gasteiger partial charge in [-0.3, -0.25) is 4.79 Å². The molecular weight excluding hydrogens is 446 g/mol. The number of benzene rings is 1. The largest absolute Gasteiger partial charge is 0.462 e. The number of nitrogens with zero attached hydrogens (tertiary/aromatic N) is 1. The molecule has 36 heavy (non-hydrogen) atoms. The van der Waals surface area contributed by atoms with Gasteiger partial charge in [-0.05, 0) is 31.4 Å². The molecule has 0 heterocycles. The molecule has 0 saturated heterocycles. The Labute approximate surface area is 222 Å². The average Bonchev–Trinajstić information content (AvgIpc) is 2.90. The molecule has 0 aliphatic heterocycles. The average molecular weight is 502 g/mol. The van der Waals surface area contributed by atoms with Crippen molar-refractivity contribution in [1.29, 1.82) is 0 Å². The van der Waals surface area contributed by atoms with E-state index in [1.54, 1.807) is 12.1 Å². The molecule has 1 rings (SSSR count). The van der Waals surface area contributed by atoms with Crippen molar-refractivity contribution in [3.8, 4) is 0 Å². The van der Waals surface area contributed by atoms with Crippen molar-refractivity contribution in [3.63, 3.8) is 0 Å². The molecule has 4 nitrogen and oxygen atoms in total. The predicted molar refractivity (Wildman–Crippen MR) is 153 cm³/mol. The highest BCUT2D eigenvalue weighted by Crippen LogP contribution is 2.17. The fourth-order valence-electron chi connectivity index (χ4n) is 4.62. The van der Waals surface area contributed by atoms with Crippen LogP contribution in [0.5, 0.6) is 0 Å². The molecule has 0 saturated carbocycles. The van der Waals surface area contributed by atoms with Crippen LogP contribution in [-0.2, 0) is 4.74 Å². The summed E-state index contributed by atoms with van der Waals surface area (Å²) in [5, 5.41) is 0. The first-order valence-corrected chi connectivity index (χ1v) is 15.2. The van der Waals surface area contributed by atoms with Crippen LogP contribution in [-0.4, -0.2) is 36.5 Å². The van der Waals surface area contributed by atoms with Crippen LogP contribution in [0.4, 0.5) is 0 Å². The summed E-state index contributed by atoms with van der Waals surface area (Å²) in [7, 11) is 0. The van der Waals surface area contributed by atoms with Gasteiger partial charge in [0.15, 0.2) is 0 Å². The van der Waals surface area contributed by atoms with E-state index >= 15 is 0 Å². The fourth-order valence-corrected chi connectivity index (χ4v) is 4.62. The molecule has 0 aliphatic rings. The number of amides is 1. The summed E-state index contributed by atoms with van der Waals surface area (Å²) in [5.74, 6) is -0.395. The topological polar surface area (TPSA) is 46.6 Å². The smallest absolute Gasteiger partial charge is 0.338 e. The Bertz CT molecular complexity index is 674. The maximum Gasteiger partial charge on any atom is 0.338 e. The van der Waals surface area contributed by atoms with Gasteiger partial charge in [0.1, 0.15) is 0 Å². The van der Waals surface area contributed by atoms with Crippen LogP contribution < -0.4 is 0 Å². The number of hydrogen-bond donors (Lipinski definition) is 0. The summed E-state index contributed by atoms with van der Waals surface area (Å²) >= 11 is 0. The lowest BCUT2D eigenvalue weighted by molar-refractivity contribution is 0.0490. The molecule has 1 amide bonds. The first kappa shape index (κ1) is 32.2. The molecule has 1 aromatic rings. The van der Waals surface area contributed by atoms with E-state index in [0.717, 1.165) is 51.6 Å². The Morgan fingerprint density at radius 3 is 1.50 bits per heavy atom. The Balaban J connectivity index is 2.62. The van der Waals surface area contributed by atoms with Crippen molar-refractivity contribution in [3.05, 3.63) is 35.4 Å². The lowest BCUT2D eigenvalue weighted by Crippen LogP contribution is -2.34. The molecule has 0 unspecified atom stereocenters. The van der Waals surface area contributed by atoms with E-state index in [2.05, 4.69) is 20.8 Å². The van der Waals surface area contributed by atoms with Crippen molar-refractivity contribution in [1.82, 2.24) is 4.90 Å². The van der Waals surface area contributed by atoms with Gasteiger partial charge in [-0.2, -0.15) is 0 Å². The van der Waals surface area contributed by atoms with E-state index in [9.17, 15) is 9.59 Å².